The van der Waals surface area contributed by atoms with Crippen molar-refractivity contribution in [2.24, 2.45) is 11.8 Å². The summed E-state index contributed by atoms with van der Waals surface area (Å²) < 4.78 is 39.8. The number of benzene rings is 1. The number of nitrogens with one attached hydrogen (secondary N) is 1. The molecule has 1 aromatic rings. The number of carbonyl (C=O) groups excluding carboxylic acids is 1. The standard InChI is InChI=1S/C20H30FN3O3S/c1-15-4-3-5-19(16(15)2)22-20(25)14-23-10-12-24(13-11-23)28(26,27)18-8-6-17(21)7-9-18/h6-9,15-16,19H,3-5,10-14H2,1-2H3,(H,22,25)/t15-,16-,19+/m1/s1. The molecule has 2 aliphatic rings. The van der Waals surface area contributed by atoms with Gasteiger partial charge in [-0.3, -0.25) is 9.69 Å². The van der Waals surface area contributed by atoms with Gasteiger partial charge in [0.05, 0.1) is 11.4 Å². The fourth-order valence-electron chi connectivity index (χ4n) is 4.12. The smallest absolute Gasteiger partial charge is 0.243 e. The number of rotatable bonds is 5. The van der Waals surface area contributed by atoms with E-state index in [-0.39, 0.29) is 16.8 Å². The first-order valence-electron chi connectivity index (χ1n) is 10.0. The summed E-state index contributed by atoms with van der Waals surface area (Å²) in [7, 11) is -3.63. The molecule has 0 aromatic heterocycles. The first-order chi connectivity index (χ1) is 13.3. The van der Waals surface area contributed by atoms with Crippen molar-refractivity contribution in [3.8, 4) is 0 Å². The summed E-state index contributed by atoms with van der Waals surface area (Å²) in [4.78, 5) is 14.5. The molecule has 1 N–H and O–H groups in total. The third kappa shape index (κ3) is 4.90. The number of sulfonamides is 1. The Labute approximate surface area is 167 Å². The molecule has 0 spiro atoms. The molecule has 1 aliphatic carbocycles. The van der Waals surface area contributed by atoms with Crippen LogP contribution in [0.1, 0.15) is 33.1 Å². The van der Waals surface area contributed by atoms with Gasteiger partial charge in [0.25, 0.3) is 0 Å². The Hall–Kier alpha value is -1.51. The molecule has 0 unspecified atom stereocenters. The second-order valence-electron chi connectivity index (χ2n) is 8.08. The summed E-state index contributed by atoms with van der Waals surface area (Å²) in [5.41, 5.74) is 0. The fraction of sp³-hybridized carbons (Fsp3) is 0.650. The second kappa shape index (κ2) is 8.88. The maximum Gasteiger partial charge on any atom is 0.243 e. The molecular formula is C20H30FN3O3S. The molecule has 1 aromatic carbocycles. The molecule has 1 saturated heterocycles. The largest absolute Gasteiger partial charge is 0.352 e. The zero-order valence-electron chi connectivity index (χ0n) is 16.6. The van der Waals surface area contributed by atoms with Crippen LogP contribution >= 0.6 is 0 Å². The van der Waals surface area contributed by atoms with Crippen LogP contribution < -0.4 is 5.32 Å². The molecule has 0 radical (unpaired) electrons. The van der Waals surface area contributed by atoms with Gasteiger partial charge in [-0.2, -0.15) is 4.31 Å². The number of piperazine rings is 1. The summed E-state index contributed by atoms with van der Waals surface area (Å²) in [6.45, 7) is 6.39. The molecule has 156 valence electrons. The van der Waals surface area contributed by atoms with E-state index in [2.05, 4.69) is 19.2 Å². The lowest BCUT2D eigenvalue weighted by molar-refractivity contribution is -0.124. The molecule has 1 amide bonds. The number of halogens is 1. The van der Waals surface area contributed by atoms with Crippen LogP contribution in [0.3, 0.4) is 0 Å². The lowest BCUT2D eigenvalue weighted by Crippen LogP contribution is -2.52. The third-order valence-electron chi connectivity index (χ3n) is 6.20. The van der Waals surface area contributed by atoms with Crippen molar-refractivity contribution in [3.05, 3.63) is 30.1 Å². The van der Waals surface area contributed by atoms with E-state index < -0.39 is 15.8 Å². The molecule has 3 rings (SSSR count). The van der Waals surface area contributed by atoms with Crippen molar-refractivity contribution in [1.82, 2.24) is 14.5 Å². The Bertz CT molecular complexity index is 776. The topological polar surface area (TPSA) is 69.7 Å². The summed E-state index contributed by atoms with van der Waals surface area (Å²) in [6, 6.07) is 5.12. The first kappa shape index (κ1) is 21.2. The van der Waals surface area contributed by atoms with Crippen LogP contribution in [0.2, 0.25) is 0 Å². The summed E-state index contributed by atoms with van der Waals surface area (Å²) in [5.74, 6) is 0.659. The van der Waals surface area contributed by atoms with Crippen molar-refractivity contribution in [2.75, 3.05) is 32.7 Å². The Balaban J connectivity index is 1.50. The van der Waals surface area contributed by atoms with Crippen molar-refractivity contribution in [1.29, 1.82) is 0 Å². The third-order valence-corrected chi connectivity index (χ3v) is 8.12. The Morgan fingerprint density at radius 1 is 1.11 bits per heavy atom. The average Bonchev–Trinajstić information content (AvgIpc) is 2.66. The number of amides is 1. The summed E-state index contributed by atoms with van der Waals surface area (Å²) >= 11 is 0. The predicted molar refractivity (Wildman–Crippen MR) is 106 cm³/mol. The summed E-state index contributed by atoms with van der Waals surface area (Å²) in [5, 5.41) is 3.17. The SMILES string of the molecule is C[C@@H]1[C@H](C)CCC[C@@H]1NC(=O)CN1CCN(S(=O)(=O)c2ccc(F)cc2)CC1. The fourth-order valence-corrected chi connectivity index (χ4v) is 5.55. The van der Waals surface area contributed by atoms with E-state index in [0.29, 0.717) is 44.6 Å². The number of hydrogen-bond acceptors (Lipinski definition) is 4. The van der Waals surface area contributed by atoms with Crippen LogP contribution in [-0.4, -0.2) is 62.3 Å². The van der Waals surface area contributed by atoms with Gasteiger partial charge >= 0.3 is 0 Å². The van der Waals surface area contributed by atoms with Crippen LogP contribution in [0, 0.1) is 17.7 Å². The lowest BCUT2D eigenvalue weighted by atomic mass is 9.78. The van der Waals surface area contributed by atoms with Crippen molar-refractivity contribution in [3.63, 3.8) is 0 Å². The molecule has 28 heavy (non-hydrogen) atoms. The van der Waals surface area contributed by atoms with Crippen LogP contribution in [0.5, 0.6) is 0 Å². The number of nitrogens with zero attached hydrogens (tertiary/aromatic N) is 2. The van der Waals surface area contributed by atoms with Crippen molar-refractivity contribution < 1.29 is 17.6 Å². The van der Waals surface area contributed by atoms with E-state index in [1.807, 2.05) is 4.90 Å². The highest BCUT2D eigenvalue weighted by Gasteiger charge is 2.31. The minimum absolute atomic E-state index is 0.0146. The van der Waals surface area contributed by atoms with Gasteiger partial charge < -0.3 is 5.32 Å². The quantitative estimate of drug-likeness (QED) is 0.805. The van der Waals surface area contributed by atoms with Crippen LogP contribution in [0.4, 0.5) is 4.39 Å². The molecule has 2 fully saturated rings. The summed E-state index contributed by atoms with van der Waals surface area (Å²) in [6.07, 6.45) is 3.40. The zero-order chi connectivity index (χ0) is 20.3. The maximum absolute atomic E-state index is 13.1. The van der Waals surface area contributed by atoms with E-state index >= 15 is 0 Å². The number of hydrogen-bond donors (Lipinski definition) is 1. The van der Waals surface area contributed by atoms with Gasteiger partial charge in [-0.15, -0.1) is 0 Å². The minimum Gasteiger partial charge on any atom is -0.352 e. The van der Waals surface area contributed by atoms with Gasteiger partial charge in [-0.1, -0.05) is 26.7 Å². The van der Waals surface area contributed by atoms with E-state index in [1.54, 1.807) is 0 Å². The molecule has 1 aliphatic heterocycles. The van der Waals surface area contributed by atoms with E-state index in [4.69, 9.17) is 0 Å². The Morgan fingerprint density at radius 3 is 2.39 bits per heavy atom. The van der Waals surface area contributed by atoms with Gasteiger partial charge in [0, 0.05) is 32.2 Å². The van der Waals surface area contributed by atoms with Gasteiger partial charge in [0.1, 0.15) is 5.82 Å². The zero-order valence-corrected chi connectivity index (χ0v) is 17.4. The Morgan fingerprint density at radius 2 is 1.75 bits per heavy atom. The molecule has 1 saturated carbocycles. The van der Waals surface area contributed by atoms with Gasteiger partial charge in [-0.05, 0) is 42.5 Å². The lowest BCUT2D eigenvalue weighted by Gasteiger charge is -2.36. The molecule has 6 nitrogen and oxygen atoms in total. The van der Waals surface area contributed by atoms with Gasteiger partial charge in [0.2, 0.25) is 15.9 Å². The monoisotopic (exact) mass is 411 g/mol. The van der Waals surface area contributed by atoms with E-state index in [0.717, 1.165) is 25.0 Å². The maximum atomic E-state index is 13.1. The van der Waals surface area contributed by atoms with Crippen LogP contribution in [-0.2, 0) is 14.8 Å². The molecular weight excluding hydrogens is 381 g/mol. The van der Waals surface area contributed by atoms with E-state index in [1.165, 1.54) is 22.9 Å². The van der Waals surface area contributed by atoms with Gasteiger partial charge in [-0.25, -0.2) is 12.8 Å². The second-order valence-corrected chi connectivity index (χ2v) is 10.0. The van der Waals surface area contributed by atoms with E-state index in [9.17, 15) is 17.6 Å². The van der Waals surface area contributed by atoms with Gasteiger partial charge in [0.15, 0.2) is 0 Å². The first-order valence-corrected chi connectivity index (χ1v) is 11.5. The van der Waals surface area contributed by atoms with Crippen LogP contribution in [0.25, 0.3) is 0 Å². The molecule has 0 bridgehead atoms. The molecule has 3 atom stereocenters. The molecule has 8 heteroatoms. The Kier molecular flexibility index (Phi) is 6.73. The minimum atomic E-state index is -3.63. The predicted octanol–water partition coefficient (Wildman–Crippen LogP) is 2.07. The van der Waals surface area contributed by atoms with Crippen molar-refractivity contribution in [2.45, 2.75) is 44.0 Å². The highest BCUT2D eigenvalue weighted by atomic mass is 32.2. The highest BCUT2D eigenvalue weighted by molar-refractivity contribution is 7.89. The van der Waals surface area contributed by atoms with Crippen molar-refractivity contribution >= 4 is 15.9 Å². The normalized spacial score (nSPS) is 27.5. The highest BCUT2D eigenvalue weighted by Crippen LogP contribution is 2.29. The average molecular weight is 412 g/mol. The number of carbonyl (C=O) groups is 1. The van der Waals surface area contributed by atoms with Crippen LogP contribution in [0.15, 0.2) is 29.2 Å². The molecule has 1 heterocycles.